The van der Waals surface area contributed by atoms with Gasteiger partial charge in [0.2, 0.25) is 0 Å². The normalized spacial score (nSPS) is 16.4. The number of unbranched alkanes of at least 4 members (excludes halogenated alkanes) is 1. The Morgan fingerprint density at radius 3 is 3.00 bits per heavy atom. The van der Waals surface area contributed by atoms with Gasteiger partial charge in [0.05, 0.1) is 11.2 Å². The maximum atomic E-state index is 5.76. The van der Waals surface area contributed by atoms with Crippen LogP contribution in [0.3, 0.4) is 0 Å². The van der Waals surface area contributed by atoms with Gasteiger partial charge in [-0.3, -0.25) is 5.43 Å². The highest BCUT2D eigenvalue weighted by molar-refractivity contribution is 7.96. The summed E-state index contributed by atoms with van der Waals surface area (Å²) in [6.45, 7) is 2.15. The van der Waals surface area contributed by atoms with E-state index in [0.29, 0.717) is 10.2 Å². The molecule has 0 amide bonds. The Kier molecular flexibility index (Phi) is 4.77. The van der Waals surface area contributed by atoms with Gasteiger partial charge in [0.25, 0.3) is 0 Å². The van der Waals surface area contributed by atoms with E-state index in [9.17, 15) is 0 Å². The van der Waals surface area contributed by atoms with Crippen LogP contribution in [0.25, 0.3) is 0 Å². The zero-order valence-corrected chi connectivity index (χ0v) is 9.59. The van der Waals surface area contributed by atoms with Crippen molar-refractivity contribution in [1.82, 2.24) is 9.95 Å². The van der Waals surface area contributed by atoms with Gasteiger partial charge in [0.15, 0.2) is 0 Å². The molecule has 0 atom stereocenters. The molecule has 1 aliphatic rings. The summed E-state index contributed by atoms with van der Waals surface area (Å²) >= 11 is 13.0. The number of halogens is 2. The summed E-state index contributed by atoms with van der Waals surface area (Å²) in [4.78, 5) is 0. The highest BCUT2D eigenvalue weighted by Crippen LogP contribution is 2.19. The van der Waals surface area contributed by atoms with E-state index in [1.807, 2.05) is 0 Å². The third-order valence-corrected chi connectivity index (χ3v) is 2.96. The second-order valence-corrected chi connectivity index (χ2v) is 4.28. The van der Waals surface area contributed by atoms with Crippen molar-refractivity contribution in [2.45, 2.75) is 19.8 Å². The minimum absolute atomic E-state index is 0.417. The Balaban J connectivity index is 2.29. The molecule has 0 aliphatic carbocycles. The predicted octanol–water partition coefficient (Wildman–Crippen LogP) is 2.89. The summed E-state index contributed by atoms with van der Waals surface area (Å²) in [6, 6.07) is 0. The molecule has 0 spiro atoms. The molecule has 1 N–H and O–H groups in total. The van der Waals surface area contributed by atoms with Crippen molar-refractivity contribution < 1.29 is 0 Å². The molecule has 74 valence electrons. The van der Waals surface area contributed by atoms with E-state index in [2.05, 4.69) is 17.5 Å². The average Bonchev–Trinajstić information content (AvgIpc) is 2.12. The first-order valence-electron chi connectivity index (χ1n) is 4.03. The molecule has 6 heteroatoms. The zero-order valence-electron chi connectivity index (χ0n) is 7.26. The molecule has 0 saturated heterocycles. The number of rotatable bonds is 4. The van der Waals surface area contributed by atoms with E-state index < -0.39 is 0 Å². The van der Waals surface area contributed by atoms with Crippen molar-refractivity contribution in [2.24, 2.45) is 5.10 Å². The number of allylic oxidation sites excluding steroid dienone is 1. The molecule has 13 heavy (non-hydrogen) atoms. The molecule has 0 aromatic carbocycles. The molecule has 0 radical (unpaired) electrons. The van der Waals surface area contributed by atoms with Gasteiger partial charge in [-0.25, -0.2) is 0 Å². The van der Waals surface area contributed by atoms with Crippen LogP contribution in [-0.2, 0) is 0 Å². The van der Waals surface area contributed by atoms with Crippen molar-refractivity contribution >= 4 is 41.4 Å². The third-order valence-electron chi connectivity index (χ3n) is 1.39. The third kappa shape index (κ3) is 3.67. The topological polar surface area (TPSA) is 27.6 Å². The minimum atomic E-state index is 0.417. The quantitative estimate of drug-likeness (QED) is 0.465. The summed E-state index contributed by atoms with van der Waals surface area (Å²) in [5, 5.41) is 4.87. The minimum Gasteiger partial charge on any atom is -0.259 e. The average molecular weight is 240 g/mol. The van der Waals surface area contributed by atoms with E-state index in [1.54, 1.807) is 16.5 Å². The van der Waals surface area contributed by atoms with Gasteiger partial charge < -0.3 is 0 Å². The molecular weight excluding hydrogens is 229 g/mol. The van der Waals surface area contributed by atoms with Crippen LogP contribution >= 0.6 is 35.1 Å². The Morgan fingerprint density at radius 1 is 1.62 bits per heavy atom. The fraction of sp³-hybridized carbons (Fsp3) is 0.571. The second-order valence-electron chi connectivity index (χ2n) is 2.48. The van der Waals surface area contributed by atoms with E-state index in [0.717, 1.165) is 12.2 Å². The number of hydrazone groups is 1. The first-order valence-corrected chi connectivity index (χ1v) is 5.73. The molecule has 3 nitrogen and oxygen atoms in total. The molecule has 1 aliphatic heterocycles. The van der Waals surface area contributed by atoms with Crippen LogP contribution in [-0.4, -0.2) is 16.5 Å². The van der Waals surface area contributed by atoms with Gasteiger partial charge in [-0.2, -0.15) is 5.10 Å². The number of hydrogen-bond donors (Lipinski definition) is 1. The monoisotopic (exact) mass is 239 g/mol. The molecular formula is C7H11Cl2N3S. The summed E-state index contributed by atoms with van der Waals surface area (Å²) in [5.74, 6) is 1.02. The van der Waals surface area contributed by atoms with Crippen molar-refractivity contribution in [1.29, 1.82) is 0 Å². The van der Waals surface area contributed by atoms with Crippen molar-refractivity contribution in [3.05, 3.63) is 10.2 Å². The highest BCUT2D eigenvalue weighted by atomic mass is 35.5. The van der Waals surface area contributed by atoms with Gasteiger partial charge in [-0.05, 0) is 18.4 Å². The molecule has 0 unspecified atom stereocenters. The van der Waals surface area contributed by atoms with E-state index >= 15 is 0 Å². The van der Waals surface area contributed by atoms with Gasteiger partial charge in [0.1, 0.15) is 5.16 Å². The van der Waals surface area contributed by atoms with Crippen molar-refractivity contribution in [2.75, 3.05) is 5.75 Å². The van der Waals surface area contributed by atoms with Crippen LogP contribution in [0.2, 0.25) is 0 Å². The van der Waals surface area contributed by atoms with Crippen LogP contribution in [0, 0.1) is 0 Å². The lowest BCUT2D eigenvalue weighted by molar-refractivity contribution is 0.423. The van der Waals surface area contributed by atoms with Gasteiger partial charge in [0, 0.05) is 5.75 Å². The molecule has 0 fully saturated rings. The Labute approximate surface area is 92.2 Å². The molecule has 0 aromatic heterocycles. The fourth-order valence-electron chi connectivity index (χ4n) is 0.687. The first-order chi connectivity index (χ1) is 6.24. The summed E-state index contributed by atoms with van der Waals surface area (Å²) < 4.78 is 1.61. The van der Waals surface area contributed by atoms with Gasteiger partial charge in [-0.1, -0.05) is 36.5 Å². The lowest BCUT2D eigenvalue weighted by atomic mass is 10.4. The maximum Gasteiger partial charge on any atom is 0.143 e. The number of hydrogen-bond acceptors (Lipinski definition) is 4. The Morgan fingerprint density at radius 2 is 2.38 bits per heavy atom. The number of nitrogens with zero attached hydrogens (tertiary/aromatic N) is 2. The smallest absolute Gasteiger partial charge is 0.143 e. The summed E-state index contributed by atoms with van der Waals surface area (Å²) in [7, 11) is 0. The maximum absolute atomic E-state index is 5.76. The Bertz CT molecular complexity index is 230. The standard InChI is InChI=1S/C7H11Cl2N3S/c1-2-3-4-13-12-10-5-6(8)7(9)11-12/h5,11H,2-4H2,1H3. The summed E-state index contributed by atoms with van der Waals surface area (Å²) in [5.41, 5.74) is 2.84. The molecule has 0 bridgehead atoms. The van der Waals surface area contributed by atoms with Crippen LogP contribution in [0.5, 0.6) is 0 Å². The van der Waals surface area contributed by atoms with Crippen LogP contribution in [0.1, 0.15) is 19.8 Å². The predicted molar refractivity (Wildman–Crippen MR) is 59.6 cm³/mol. The molecule has 0 saturated carbocycles. The van der Waals surface area contributed by atoms with Crippen molar-refractivity contribution in [3.63, 3.8) is 0 Å². The van der Waals surface area contributed by atoms with Crippen LogP contribution in [0.4, 0.5) is 0 Å². The summed E-state index contributed by atoms with van der Waals surface area (Å²) in [6.07, 6.45) is 3.86. The van der Waals surface area contributed by atoms with Gasteiger partial charge in [-0.15, -0.1) is 4.52 Å². The molecule has 0 aromatic rings. The second kappa shape index (κ2) is 5.62. The number of hydrazine groups is 1. The zero-order chi connectivity index (χ0) is 9.68. The highest BCUT2D eigenvalue weighted by Gasteiger charge is 2.10. The SMILES string of the molecule is CCCCSN1N=CC(Cl)=C(Cl)N1. The molecule has 1 rings (SSSR count). The molecule has 1 heterocycles. The van der Waals surface area contributed by atoms with Crippen molar-refractivity contribution in [3.8, 4) is 0 Å². The van der Waals surface area contributed by atoms with Crippen LogP contribution < -0.4 is 5.43 Å². The van der Waals surface area contributed by atoms with E-state index in [-0.39, 0.29) is 0 Å². The number of nitrogens with one attached hydrogen (secondary N) is 1. The van der Waals surface area contributed by atoms with E-state index in [4.69, 9.17) is 23.2 Å². The Hall–Kier alpha value is -0.0600. The lowest BCUT2D eigenvalue weighted by Gasteiger charge is -2.21. The largest absolute Gasteiger partial charge is 0.259 e. The van der Waals surface area contributed by atoms with E-state index in [1.165, 1.54) is 12.6 Å². The lowest BCUT2D eigenvalue weighted by Crippen LogP contribution is -2.29. The van der Waals surface area contributed by atoms with Crippen LogP contribution in [0.15, 0.2) is 15.3 Å². The first kappa shape index (κ1) is 11.0. The van der Waals surface area contributed by atoms with Gasteiger partial charge >= 0.3 is 0 Å². The fourth-order valence-corrected chi connectivity index (χ4v) is 1.81.